The summed E-state index contributed by atoms with van der Waals surface area (Å²) in [4.78, 5) is 16.5. The van der Waals surface area contributed by atoms with Gasteiger partial charge >= 0.3 is 0 Å². The summed E-state index contributed by atoms with van der Waals surface area (Å²) in [6.45, 7) is 5.85. The number of anilines is 2. The minimum Gasteiger partial charge on any atom is -0.482 e. The molecule has 1 saturated heterocycles. The fraction of sp³-hybridized carbons (Fsp3) is 0.435. The van der Waals surface area contributed by atoms with Crippen LogP contribution < -0.4 is 15.0 Å². The number of piperazine rings is 1. The van der Waals surface area contributed by atoms with Gasteiger partial charge in [-0.15, -0.1) is 0 Å². The molecule has 0 atom stereocenters. The highest BCUT2D eigenvalue weighted by atomic mass is 16.5. The van der Waals surface area contributed by atoms with E-state index in [0.717, 1.165) is 44.0 Å². The summed E-state index contributed by atoms with van der Waals surface area (Å²) in [5, 5.41) is 2.89. The van der Waals surface area contributed by atoms with Gasteiger partial charge in [0.25, 0.3) is 5.91 Å². The number of nitrogens with zero attached hydrogens (tertiary/aromatic N) is 2. The molecule has 2 aromatic rings. The SMILES string of the molecule is O=C1COc2ccc(CCCCCN3CCN(c4ccccc4)CC3)cc2N1. The maximum atomic E-state index is 11.4. The average Bonchev–Trinajstić information content (AvgIpc) is 2.74. The Kier molecular flexibility index (Phi) is 6.12. The maximum absolute atomic E-state index is 11.4. The average molecular weight is 380 g/mol. The number of para-hydroxylation sites is 1. The molecule has 5 nitrogen and oxygen atoms in total. The Morgan fingerprint density at radius 1 is 0.929 bits per heavy atom. The molecule has 0 unspecified atom stereocenters. The summed E-state index contributed by atoms with van der Waals surface area (Å²) < 4.78 is 5.42. The van der Waals surface area contributed by atoms with Gasteiger partial charge in [0.05, 0.1) is 5.69 Å². The number of aryl methyl sites for hydroxylation is 1. The molecule has 0 bridgehead atoms. The summed E-state index contributed by atoms with van der Waals surface area (Å²) in [7, 11) is 0. The number of unbranched alkanes of at least 4 members (excludes halogenated alkanes) is 2. The number of nitrogens with one attached hydrogen (secondary N) is 1. The van der Waals surface area contributed by atoms with Crippen LogP contribution in [0.5, 0.6) is 5.75 Å². The van der Waals surface area contributed by atoms with Crippen LogP contribution in [0.3, 0.4) is 0 Å². The first-order valence-corrected chi connectivity index (χ1v) is 10.4. The van der Waals surface area contributed by atoms with E-state index >= 15 is 0 Å². The first kappa shape index (κ1) is 18.8. The van der Waals surface area contributed by atoms with Gasteiger partial charge in [-0.2, -0.15) is 0 Å². The van der Waals surface area contributed by atoms with Crippen LogP contribution in [0, 0.1) is 0 Å². The normalized spacial score (nSPS) is 17.0. The van der Waals surface area contributed by atoms with Gasteiger partial charge in [0.15, 0.2) is 6.61 Å². The van der Waals surface area contributed by atoms with Crippen LogP contribution in [0.25, 0.3) is 0 Å². The van der Waals surface area contributed by atoms with Gasteiger partial charge in [0.2, 0.25) is 0 Å². The number of hydrogen-bond donors (Lipinski definition) is 1. The number of carbonyl (C=O) groups excluding carboxylic acids is 1. The van der Waals surface area contributed by atoms with Crippen molar-refractivity contribution < 1.29 is 9.53 Å². The van der Waals surface area contributed by atoms with E-state index in [0.29, 0.717) is 0 Å². The summed E-state index contributed by atoms with van der Waals surface area (Å²) >= 11 is 0. The quantitative estimate of drug-likeness (QED) is 0.748. The van der Waals surface area contributed by atoms with Crippen molar-refractivity contribution in [3.63, 3.8) is 0 Å². The smallest absolute Gasteiger partial charge is 0.262 e. The number of fused-ring (bicyclic) bond motifs is 1. The predicted octanol–water partition coefficient (Wildman–Crippen LogP) is 3.55. The first-order chi connectivity index (χ1) is 13.8. The zero-order chi connectivity index (χ0) is 19.2. The van der Waals surface area contributed by atoms with E-state index in [4.69, 9.17) is 4.74 Å². The van der Waals surface area contributed by atoms with Crippen molar-refractivity contribution in [3.05, 3.63) is 54.1 Å². The molecule has 1 N–H and O–H groups in total. The van der Waals surface area contributed by atoms with Crippen LogP contribution in [0.4, 0.5) is 11.4 Å². The van der Waals surface area contributed by atoms with Crippen molar-refractivity contribution >= 4 is 17.3 Å². The number of hydrogen-bond acceptors (Lipinski definition) is 4. The monoisotopic (exact) mass is 379 g/mol. The lowest BCUT2D eigenvalue weighted by Gasteiger charge is -2.36. The van der Waals surface area contributed by atoms with E-state index in [1.807, 2.05) is 6.07 Å². The molecule has 1 fully saturated rings. The van der Waals surface area contributed by atoms with Crippen LogP contribution in [0.1, 0.15) is 24.8 Å². The molecular formula is C23H29N3O2. The molecule has 5 heteroatoms. The molecular weight excluding hydrogens is 350 g/mol. The second-order valence-electron chi connectivity index (χ2n) is 7.64. The standard InChI is InChI=1S/C23H29N3O2/c27-23-18-28-22-11-10-19(17-21(22)24-23)7-3-2-6-12-25-13-15-26(16-14-25)20-8-4-1-5-9-20/h1,4-5,8-11,17H,2-3,6-7,12-16,18H2,(H,24,27). The van der Waals surface area contributed by atoms with Crippen molar-refractivity contribution in [3.8, 4) is 5.75 Å². The van der Waals surface area contributed by atoms with Gasteiger partial charge in [-0.05, 0) is 55.6 Å². The van der Waals surface area contributed by atoms with Gasteiger partial charge in [0, 0.05) is 31.9 Å². The van der Waals surface area contributed by atoms with Crippen molar-refractivity contribution in [2.45, 2.75) is 25.7 Å². The van der Waals surface area contributed by atoms with Gasteiger partial charge in [-0.1, -0.05) is 30.7 Å². The minimum atomic E-state index is -0.0722. The molecule has 0 aromatic heterocycles. The number of rotatable bonds is 7. The molecule has 2 aliphatic heterocycles. The van der Waals surface area contributed by atoms with E-state index in [1.54, 1.807) is 0 Å². The van der Waals surface area contributed by atoms with E-state index in [2.05, 4.69) is 57.6 Å². The van der Waals surface area contributed by atoms with Crippen LogP contribution in [-0.4, -0.2) is 50.1 Å². The Morgan fingerprint density at radius 3 is 2.57 bits per heavy atom. The van der Waals surface area contributed by atoms with Gasteiger partial charge in [-0.3, -0.25) is 9.69 Å². The summed E-state index contributed by atoms with van der Waals surface area (Å²) in [6, 6.07) is 16.8. The highest BCUT2D eigenvalue weighted by Crippen LogP contribution is 2.29. The van der Waals surface area contributed by atoms with Crippen molar-refractivity contribution in [1.29, 1.82) is 0 Å². The molecule has 2 aromatic carbocycles. The lowest BCUT2D eigenvalue weighted by Crippen LogP contribution is -2.46. The second-order valence-corrected chi connectivity index (χ2v) is 7.64. The predicted molar refractivity (Wildman–Crippen MR) is 113 cm³/mol. The van der Waals surface area contributed by atoms with E-state index < -0.39 is 0 Å². The number of ether oxygens (including phenoxy) is 1. The van der Waals surface area contributed by atoms with E-state index in [-0.39, 0.29) is 12.5 Å². The molecule has 148 valence electrons. The first-order valence-electron chi connectivity index (χ1n) is 10.4. The lowest BCUT2D eigenvalue weighted by atomic mass is 10.1. The fourth-order valence-corrected chi connectivity index (χ4v) is 4.00. The van der Waals surface area contributed by atoms with Gasteiger partial charge in [-0.25, -0.2) is 0 Å². The highest BCUT2D eigenvalue weighted by Gasteiger charge is 2.17. The minimum absolute atomic E-state index is 0.0722. The summed E-state index contributed by atoms with van der Waals surface area (Å²) in [5.74, 6) is 0.704. The second kappa shape index (κ2) is 9.11. The fourth-order valence-electron chi connectivity index (χ4n) is 4.00. The third kappa shape index (κ3) is 4.84. The molecule has 28 heavy (non-hydrogen) atoms. The van der Waals surface area contributed by atoms with Crippen LogP contribution in [-0.2, 0) is 11.2 Å². The molecule has 2 aliphatic rings. The maximum Gasteiger partial charge on any atom is 0.262 e. The third-order valence-electron chi connectivity index (χ3n) is 5.61. The molecule has 0 aliphatic carbocycles. The van der Waals surface area contributed by atoms with Crippen molar-refractivity contribution in [2.24, 2.45) is 0 Å². The van der Waals surface area contributed by atoms with Gasteiger partial charge < -0.3 is 15.0 Å². The molecule has 1 amide bonds. The summed E-state index contributed by atoms with van der Waals surface area (Å²) in [5.41, 5.74) is 3.42. The Balaban J connectivity index is 1.13. The Labute approximate surface area is 167 Å². The lowest BCUT2D eigenvalue weighted by molar-refractivity contribution is -0.118. The largest absolute Gasteiger partial charge is 0.482 e. The van der Waals surface area contributed by atoms with Crippen LogP contribution in [0.2, 0.25) is 0 Å². The van der Waals surface area contributed by atoms with Crippen molar-refractivity contribution in [1.82, 2.24) is 4.90 Å². The number of amides is 1. The van der Waals surface area contributed by atoms with E-state index in [9.17, 15) is 4.79 Å². The zero-order valence-corrected chi connectivity index (χ0v) is 16.4. The molecule has 0 radical (unpaired) electrons. The van der Waals surface area contributed by atoms with E-state index in [1.165, 1.54) is 37.1 Å². The summed E-state index contributed by atoms with van der Waals surface area (Å²) in [6.07, 6.45) is 4.71. The molecule has 4 rings (SSSR count). The Bertz CT molecular complexity index is 786. The Hall–Kier alpha value is -2.53. The Morgan fingerprint density at radius 2 is 1.75 bits per heavy atom. The van der Waals surface area contributed by atoms with Gasteiger partial charge in [0.1, 0.15) is 5.75 Å². The molecule has 0 saturated carbocycles. The topological polar surface area (TPSA) is 44.8 Å². The molecule has 0 spiro atoms. The van der Waals surface area contributed by atoms with Crippen LogP contribution >= 0.6 is 0 Å². The third-order valence-corrected chi connectivity index (χ3v) is 5.61. The van der Waals surface area contributed by atoms with Crippen molar-refractivity contribution in [2.75, 3.05) is 49.5 Å². The zero-order valence-electron chi connectivity index (χ0n) is 16.4. The number of carbonyl (C=O) groups is 1. The molecule has 2 heterocycles. The number of benzene rings is 2. The van der Waals surface area contributed by atoms with Crippen LogP contribution in [0.15, 0.2) is 48.5 Å². The highest BCUT2D eigenvalue weighted by molar-refractivity contribution is 5.95.